The van der Waals surface area contributed by atoms with Crippen molar-refractivity contribution in [2.75, 3.05) is 11.1 Å². The molecule has 0 saturated carbocycles. The van der Waals surface area contributed by atoms with E-state index < -0.39 is 12.2 Å². The lowest BCUT2D eigenvalue weighted by Gasteiger charge is -2.16. The molecule has 0 aliphatic rings. The van der Waals surface area contributed by atoms with Gasteiger partial charge in [-0.15, -0.1) is 0 Å². The number of aliphatic hydroxyl groups excluding tert-OH is 2. The molecule has 2 aromatic rings. The number of aliphatic hydroxyl groups is 2. The van der Waals surface area contributed by atoms with Crippen molar-refractivity contribution in [3.05, 3.63) is 41.6 Å². The summed E-state index contributed by atoms with van der Waals surface area (Å²) in [7, 11) is 0. The van der Waals surface area contributed by atoms with E-state index >= 15 is 0 Å². The van der Waals surface area contributed by atoms with Gasteiger partial charge in [-0.2, -0.15) is 10.4 Å². The van der Waals surface area contributed by atoms with Crippen molar-refractivity contribution >= 4 is 21.7 Å². The normalized spacial score (nSPS) is 13.7. The Labute approximate surface area is 124 Å². The Bertz CT molecular complexity index is 633. The zero-order chi connectivity index (χ0) is 14.7. The fourth-order valence-corrected chi connectivity index (χ4v) is 2.12. The second-order valence-electron chi connectivity index (χ2n) is 4.23. The van der Waals surface area contributed by atoms with Gasteiger partial charge < -0.3 is 15.9 Å². The average molecular weight is 337 g/mol. The van der Waals surface area contributed by atoms with Gasteiger partial charge in [0.15, 0.2) is 0 Å². The Balaban J connectivity index is 2.28. The van der Waals surface area contributed by atoms with Gasteiger partial charge in [-0.05, 0) is 17.7 Å². The van der Waals surface area contributed by atoms with Gasteiger partial charge in [-0.25, -0.2) is 4.68 Å². The number of halogens is 1. The summed E-state index contributed by atoms with van der Waals surface area (Å²) in [6.45, 7) is 0. The molecule has 0 radical (unpaired) electrons. The number of nitrogens with two attached hydrogens (primary N) is 1. The van der Waals surface area contributed by atoms with Crippen LogP contribution in [0.3, 0.4) is 0 Å². The predicted molar refractivity (Wildman–Crippen MR) is 77.5 cm³/mol. The maximum Gasteiger partial charge on any atom is 0.145 e. The highest BCUT2D eigenvalue weighted by molar-refractivity contribution is 9.09. The number of nitrogens with zero attached hydrogens (tertiary/aromatic N) is 3. The quantitative estimate of drug-likeness (QED) is 0.725. The molecule has 1 aromatic carbocycles. The predicted octanol–water partition coefficient (Wildman–Crippen LogP) is 1.12. The minimum absolute atomic E-state index is 0.265. The van der Waals surface area contributed by atoms with Crippen molar-refractivity contribution in [3.63, 3.8) is 0 Å². The second kappa shape index (κ2) is 6.05. The van der Waals surface area contributed by atoms with Crippen LogP contribution in [0, 0.1) is 11.3 Å². The number of rotatable bonds is 4. The fourth-order valence-electron chi connectivity index (χ4n) is 1.77. The summed E-state index contributed by atoms with van der Waals surface area (Å²) in [4.78, 5) is 0. The fraction of sp³-hybridized carbons (Fsp3) is 0.231. The molecule has 2 atom stereocenters. The number of hydrogen-bond donors (Lipinski definition) is 3. The van der Waals surface area contributed by atoms with Gasteiger partial charge in [0.2, 0.25) is 0 Å². The van der Waals surface area contributed by atoms with E-state index in [9.17, 15) is 10.2 Å². The largest absolute Gasteiger partial charge is 0.389 e. The van der Waals surface area contributed by atoms with Crippen molar-refractivity contribution in [1.29, 1.82) is 5.26 Å². The number of aromatic nitrogens is 2. The molecule has 6 nitrogen and oxygen atoms in total. The van der Waals surface area contributed by atoms with Crippen LogP contribution in [0.2, 0.25) is 0 Å². The van der Waals surface area contributed by atoms with Gasteiger partial charge in [0.25, 0.3) is 0 Å². The summed E-state index contributed by atoms with van der Waals surface area (Å²) in [5.41, 5.74) is 7.37. The summed E-state index contributed by atoms with van der Waals surface area (Å²) >= 11 is 3.11. The lowest BCUT2D eigenvalue weighted by Crippen LogP contribution is -2.19. The zero-order valence-corrected chi connectivity index (χ0v) is 12.0. The first-order valence-electron chi connectivity index (χ1n) is 5.84. The first kappa shape index (κ1) is 14.5. The topological polar surface area (TPSA) is 108 Å². The molecular formula is C13H13BrN4O2. The van der Waals surface area contributed by atoms with Gasteiger partial charge in [0.1, 0.15) is 23.6 Å². The van der Waals surface area contributed by atoms with Gasteiger partial charge in [-0.3, -0.25) is 0 Å². The Morgan fingerprint density at radius 3 is 2.50 bits per heavy atom. The Hall–Kier alpha value is -1.88. The summed E-state index contributed by atoms with van der Waals surface area (Å²) in [5, 5.41) is 32.6. The first-order valence-corrected chi connectivity index (χ1v) is 6.96. The van der Waals surface area contributed by atoms with Crippen LogP contribution < -0.4 is 5.73 Å². The van der Waals surface area contributed by atoms with Crippen molar-refractivity contribution in [1.82, 2.24) is 9.78 Å². The Kier molecular flexibility index (Phi) is 4.39. The van der Waals surface area contributed by atoms with E-state index in [-0.39, 0.29) is 11.1 Å². The highest BCUT2D eigenvalue weighted by atomic mass is 79.9. The molecule has 2 unspecified atom stereocenters. The van der Waals surface area contributed by atoms with E-state index in [1.165, 1.54) is 10.9 Å². The molecule has 20 heavy (non-hydrogen) atoms. The van der Waals surface area contributed by atoms with Crippen LogP contribution in [0.5, 0.6) is 0 Å². The van der Waals surface area contributed by atoms with E-state index in [1.54, 1.807) is 24.3 Å². The van der Waals surface area contributed by atoms with E-state index in [0.717, 1.165) is 0 Å². The SMILES string of the molecule is N#Cc1cnn(-c2ccc(C(O)C(O)CBr)cc2)c1N. The average Bonchev–Trinajstić information content (AvgIpc) is 2.86. The molecule has 0 saturated heterocycles. The molecule has 1 aromatic heterocycles. The monoisotopic (exact) mass is 336 g/mol. The third-order valence-corrected chi connectivity index (χ3v) is 3.59. The minimum Gasteiger partial charge on any atom is -0.389 e. The van der Waals surface area contributed by atoms with Crippen LogP contribution in [0.4, 0.5) is 5.82 Å². The third kappa shape index (κ3) is 2.67. The third-order valence-electron chi connectivity index (χ3n) is 2.93. The van der Waals surface area contributed by atoms with Crippen molar-refractivity contribution in [2.45, 2.75) is 12.2 Å². The molecule has 0 fully saturated rings. The molecule has 0 aliphatic heterocycles. The number of benzene rings is 1. The van der Waals surface area contributed by atoms with Crippen LogP contribution in [0.25, 0.3) is 5.69 Å². The second-order valence-corrected chi connectivity index (χ2v) is 4.87. The zero-order valence-electron chi connectivity index (χ0n) is 10.4. The number of anilines is 1. The van der Waals surface area contributed by atoms with E-state index in [4.69, 9.17) is 11.0 Å². The highest BCUT2D eigenvalue weighted by Crippen LogP contribution is 2.21. The van der Waals surface area contributed by atoms with Gasteiger partial charge in [0.05, 0.1) is 18.0 Å². The number of nitriles is 1. The van der Waals surface area contributed by atoms with Crippen LogP contribution in [0.1, 0.15) is 17.2 Å². The molecule has 104 valence electrons. The van der Waals surface area contributed by atoms with Gasteiger partial charge in [0, 0.05) is 5.33 Å². The Morgan fingerprint density at radius 1 is 1.35 bits per heavy atom. The summed E-state index contributed by atoms with van der Waals surface area (Å²) in [6.07, 6.45) is -0.443. The van der Waals surface area contributed by atoms with E-state index in [0.29, 0.717) is 16.8 Å². The summed E-state index contributed by atoms with van der Waals surface area (Å²) in [5.74, 6) is 0.265. The van der Waals surface area contributed by atoms with Crippen molar-refractivity contribution < 1.29 is 10.2 Å². The van der Waals surface area contributed by atoms with Gasteiger partial charge in [-0.1, -0.05) is 28.1 Å². The van der Waals surface area contributed by atoms with Crippen LogP contribution >= 0.6 is 15.9 Å². The molecule has 0 spiro atoms. The smallest absolute Gasteiger partial charge is 0.145 e. The van der Waals surface area contributed by atoms with Crippen LogP contribution in [-0.4, -0.2) is 31.4 Å². The summed E-state index contributed by atoms with van der Waals surface area (Å²) < 4.78 is 1.44. The van der Waals surface area contributed by atoms with Crippen LogP contribution in [0.15, 0.2) is 30.5 Å². The molecule has 1 heterocycles. The van der Waals surface area contributed by atoms with Crippen molar-refractivity contribution in [2.24, 2.45) is 0 Å². The van der Waals surface area contributed by atoms with Crippen LogP contribution in [-0.2, 0) is 0 Å². The number of nitrogen functional groups attached to an aromatic ring is 1. The maximum atomic E-state index is 9.88. The molecular weight excluding hydrogens is 324 g/mol. The molecule has 2 rings (SSSR count). The van der Waals surface area contributed by atoms with E-state index in [1.807, 2.05) is 6.07 Å². The molecule has 0 bridgehead atoms. The molecule has 0 amide bonds. The summed E-state index contributed by atoms with van der Waals surface area (Å²) in [6, 6.07) is 8.73. The lowest BCUT2D eigenvalue weighted by atomic mass is 10.1. The number of hydrogen-bond acceptors (Lipinski definition) is 5. The lowest BCUT2D eigenvalue weighted by molar-refractivity contribution is 0.0343. The number of alkyl halides is 1. The first-order chi connectivity index (χ1) is 9.58. The standard InChI is InChI=1S/C13H13BrN4O2/c14-5-11(19)12(20)8-1-3-10(4-2-8)18-13(16)9(6-15)7-17-18/h1-4,7,11-12,19-20H,5,16H2. The minimum atomic E-state index is -0.965. The Morgan fingerprint density at radius 2 is 2.00 bits per heavy atom. The molecule has 7 heteroatoms. The molecule has 0 aliphatic carbocycles. The molecule has 4 N–H and O–H groups in total. The van der Waals surface area contributed by atoms with Crippen molar-refractivity contribution in [3.8, 4) is 11.8 Å². The maximum absolute atomic E-state index is 9.88. The van der Waals surface area contributed by atoms with E-state index in [2.05, 4.69) is 21.0 Å². The van der Waals surface area contributed by atoms with Gasteiger partial charge >= 0.3 is 0 Å². The highest BCUT2D eigenvalue weighted by Gasteiger charge is 2.17.